The number of carboxylic acids is 1. The van der Waals surface area contributed by atoms with E-state index in [-0.39, 0.29) is 6.10 Å². The fourth-order valence-electron chi connectivity index (χ4n) is 2.83. The first-order chi connectivity index (χ1) is 13.0. The van der Waals surface area contributed by atoms with E-state index in [1.165, 1.54) is 0 Å². The lowest BCUT2D eigenvalue weighted by Crippen LogP contribution is -2.33. The third-order valence-electron chi connectivity index (χ3n) is 4.31. The lowest BCUT2D eigenvalue weighted by Gasteiger charge is -2.23. The van der Waals surface area contributed by atoms with E-state index in [1.54, 1.807) is 48.5 Å². The van der Waals surface area contributed by atoms with Crippen molar-refractivity contribution in [3.8, 4) is 5.75 Å². The molecule has 2 N–H and O–H groups in total. The summed E-state index contributed by atoms with van der Waals surface area (Å²) >= 11 is 5.83. The van der Waals surface area contributed by atoms with Crippen LogP contribution in [0.4, 0.5) is 0 Å². The second-order valence-corrected chi connectivity index (χ2v) is 6.69. The van der Waals surface area contributed by atoms with Gasteiger partial charge in [0.2, 0.25) is 0 Å². The first kappa shape index (κ1) is 19.2. The van der Waals surface area contributed by atoms with Gasteiger partial charge in [0.05, 0.1) is 13.2 Å². The minimum absolute atomic E-state index is 0.111. The Morgan fingerprint density at radius 3 is 2.30 bits per heavy atom. The van der Waals surface area contributed by atoms with Crippen molar-refractivity contribution in [2.45, 2.75) is 25.0 Å². The molecule has 0 saturated carbocycles. The molecule has 0 bridgehead atoms. The summed E-state index contributed by atoms with van der Waals surface area (Å²) in [5.74, 6) is -0.953. The van der Waals surface area contributed by atoms with Crippen LogP contribution in [-0.2, 0) is 9.53 Å². The number of aliphatic carboxylic acids is 1. The Hall–Kier alpha value is -2.57. The molecular weight excluding hydrogens is 370 g/mol. The topological polar surface area (TPSA) is 84.9 Å². The first-order valence-corrected chi connectivity index (χ1v) is 9.04. The van der Waals surface area contributed by atoms with Crippen molar-refractivity contribution < 1.29 is 24.2 Å². The van der Waals surface area contributed by atoms with Gasteiger partial charge in [-0.25, -0.2) is 4.79 Å². The summed E-state index contributed by atoms with van der Waals surface area (Å²) in [6, 6.07) is 11.8. The highest BCUT2D eigenvalue weighted by molar-refractivity contribution is 6.30. The Balaban J connectivity index is 1.65. The largest absolute Gasteiger partial charge is 0.490 e. The van der Waals surface area contributed by atoms with Crippen LogP contribution >= 0.6 is 11.6 Å². The number of carboxylic acid groups (broad SMARTS) is 1. The number of hydrogen-bond donors (Lipinski definition) is 2. The summed E-state index contributed by atoms with van der Waals surface area (Å²) in [5.41, 5.74) is 0.800. The maximum Gasteiger partial charge on any atom is 0.330 e. The third kappa shape index (κ3) is 5.21. The van der Waals surface area contributed by atoms with E-state index in [0.29, 0.717) is 35.1 Å². The van der Waals surface area contributed by atoms with E-state index in [1.807, 2.05) is 0 Å². The highest BCUT2D eigenvalue weighted by Crippen LogP contribution is 2.20. The SMILES string of the molecule is O=C(NC(C(=O)O)c1ccc(Cl)cc1)c1ccc(OC2CCOCC2)cc1. The fraction of sp³-hybridized carbons (Fsp3) is 0.300. The Bertz CT molecular complexity index is 785. The summed E-state index contributed by atoms with van der Waals surface area (Å²) in [5, 5.41) is 12.5. The van der Waals surface area contributed by atoms with E-state index in [2.05, 4.69) is 5.32 Å². The predicted molar refractivity (Wildman–Crippen MR) is 100 cm³/mol. The lowest BCUT2D eigenvalue weighted by molar-refractivity contribution is -0.139. The lowest BCUT2D eigenvalue weighted by atomic mass is 10.1. The maximum atomic E-state index is 12.4. The Kier molecular flexibility index (Phi) is 6.32. The molecule has 27 heavy (non-hydrogen) atoms. The zero-order valence-electron chi connectivity index (χ0n) is 14.6. The molecule has 142 valence electrons. The molecule has 0 radical (unpaired) electrons. The van der Waals surface area contributed by atoms with Crippen LogP contribution in [-0.4, -0.2) is 36.3 Å². The highest BCUT2D eigenvalue weighted by Gasteiger charge is 2.23. The number of rotatable bonds is 6. The van der Waals surface area contributed by atoms with Crippen molar-refractivity contribution in [3.63, 3.8) is 0 Å². The smallest absolute Gasteiger partial charge is 0.330 e. The second kappa shape index (κ2) is 8.88. The normalized spacial score (nSPS) is 15.7. The molecule has 0 aromatic heterocycles. The average Bonchev–Trinajstić information content (AvgIpc) is 2.68. The van der Waals surface area contributed by atoms with Gasteiger partial charge >= 0.3 is 5.97 Å². The van der Waals surface area contributed by atoms with Gasteiger partial charge in [-0.1, -0.05) is 23.7 Å². The molecule has 0 aliphatic carbocycles. The van der Waals surface area contributed by atoms with Crippen molar-refractivity contribution in [1.82, 2.24) is 5.32 Å². The van der Waals surface area contributed by atoms with Gasteiger partial charge < -0.3 is 19.9 Å². The molecule has 3 rings (SSSR count). The first-order valence-electron chi connectivity index (χ1n) is 8.66. The number of nitrogens with one attached hydrogen (secondary N) is 1. The summed E-state index contributed by atoms with van der Waals surface area (Å²) in [6.45, 7) is 1.37. The van der Waals surface area contributed by atoms with Crippen LogP contribution in [0, 0.1) is 0 Å². The molecule has 1 aliphatic rings. The standard InChI is InChI=1S/C20H20ClNO5/c21-15-5-1-13(2-6-15)18(20(24)25)22-19(23)14-3-7-16(8-4-14)27-17-9-11-26-12-10-17/h1-8,17-18H,9-12H2,(H,22,23)(H,24,25). The molecule has 6 nitrogen and oxygen atoms in total. The van der Waals surface area contributed by atoms with Gasteiger partial charge in [-0.2, -0.15) is 0 Å². The van der Waals surface area contributed by atoms with E-state index >= 15 is 0 Å². The van der Waals surface area contributed by atoms with Gasteiger partial charge in [-0.3, -0.25) is 4.79 Å². The van der Waals surface area contributed by atoms with Crippen LogP contribution in [0.3, 0.4) is 0 Å². The maximum absolute atomic E-state index is 12.4. The zero-order chi connectivity index (χ0) is 19.2. The summed E-state index contributed by atoms with van der Waals surface area (Å²) < 4.78 is 11.2. The van der Waals surface area contributed by atoms with E-state index in [4.69, 9.17) is 21.1 Å². The van der Waals surface area contributed by atoms with Crippen molar-refractivity contribution in [1.29, 1.82) is 0 Å². The molecule has 1 aliphatic heterocycles. The number of amides is 1. The molecule has 2 aromatic carbocycles. The number of ether oxygens (including phenoxy) is 2. The summed E-state index contributed by atoms with van der Waals surface area (Å²) in [4.78, 5) is 24.0. The quantitative estimate of drug-likeness (QED) is 0.790. The Labute approximate surface area is 162 Å². The van der Waals surface area contributed by atoms with Crippen LogP contribution in [0.5, 0.6) is 5.75 Å². The van der Waals surface area contributed by atoms with Gasteiger partial charge in [-0.15, -0.1) is 0 Å². The van der Waals surface area contributed by atoms with E-state index in [0.717, 1.165) is 12.8 Å². The molecule has 7 heteroatoms. The molecule has 0 spiro atoms. The minimum Gasteiger partial charge on any atom is -0.490 e. The number of benzene rings is 2. The zero-order valence-corrected chi connectivity index (χ0v) is 15.3. The van der Waals surface area contributed by atoms with Crippen molar-refractivity contribution in [3.05, 3.63) is 64.7 Å². The number of halogens is 1. The Morgan fingerprint density at radius 2 is 1.70 bits per heavy atom. The number of carbonyl (C=O) groups is 2. The van der Waals surface area contributed by atoms with Crippen LogP contribution in [0.1, 0.15) is 34.8 Å². The van der Waals surface area contributed by atoms with Crippen LogP contribution in [0.15, 0.2) is 48.5 Å². The predicted octanol–water partition coefficient (Wildman–Crippen LogP) is 3.45. The van der Waals surface area contributed by atoms with Crippen molar-refractivity contribution in [2.75, 3.05) is 13.2 Å². The molecule has 2 aromatic rings. The van der Waals surface area contributed by atoms with E-state index < -0.39 is 17.9 Å². The van der Waals surface area contributed by atoms with Crippen molar-refractivity contribution >= 4 is 23.5 Å². The molecule has 1 amide bonds. The molecule has 1 heterocycles. The Morgan fingerprint density at radius 1 is 1.07 bits per heavy atom. The van der Waals surface area contributed by atoms with Crippen LogP contribution < -0.4 is 10.1 Å². The monoisotopic (exact) mass is 389 g/mol. The van der Waals surface area contributed by atoms with Crippen LogP contribution in [0.2, 0.25) is 5.02 Å². The molecule has 1 atom stereocenters. The van der Waals surface area contributed by atoms with Gasteiger partial charge in [0.25, 0.3) is 5.91 Å². The molecule has 1 unspecified atom stereocenters. The van der Waals surface area contributed by atoms with E-state index in [9.17, 15) is 14.7 Å². The molecular formula is C20H20ClNO5. The minimum atomic E-state index is -1.16. The second-order valence-electron chi connectivity index (χ2n) is 6.25. The van der Waals surface area contributed by atoms with Crippen molar-refractivity contribution in [2.24, 2.45) is 0 Å². The molecule has 1 saturated heterocycles. The summed E-state index contributed by atoms with van der Waals surface area (Å²) in [7, 11) is 0. The van der Waals surface area contributed by atoms with Crippen LogP contribution in [0.25, 0.3) is 0 Å². The fourth-order valence-corrected chi connectivity index (χ4v) is 2.95. The number of hydrogen-bond acceptors (Lipinski definition) is 4. The molecule has 1 fully saturated rings. The van der Waals surface area contributed by atoms with Gasteiger partial charge in [-0.05, 0) is 42.0 Å². The third-order valence-corrected chi connectivity index (χ3v) is 4.57. The van der Waals surface area contributed by atoms with Gasteiger partial charge in [0.15, 0.2) is 6.04 Å². The average molecular weight is 390 g/mol. The van der Waals surface area contributed by atoms with Gasteiger partial charge in [0.1, 0.15) is 11.9 Å². The number of carbonyl (C=O) groups excluding carboxylic acids is 1. The highest BCUT2D eigenvalue weighted by atomic mass is 35.5. The summed E-state index contributed by atoms with van der Waals surface area (Å²) in [6.07, 6.45) is 1.78. The van der Waals surface area contributed by atoms with Gasteiger partial charge in [0, 0.05) is 23.4 Å².